The zero-order chi connectivity index (χ0) is 14.1. The van der Waals surface area contributed by atoms with Crippen molar-refractivity contribution in [3.63, 3.8) is 0 Å². The lowest BCUT2D eigenvalue weighted by molar-refractivity contribution is 0.413. The number of rotatable bonds is 5. The zero-order valence-corrected chi connectivity index (χ0v) is 12.0. The molecular weight excluding hydrogens is 250 g/mol. The van der Waals surface area contributed by atoms with Gasteiger partial charge >= 0.3 is 0 Å². The first-order valence-corrected chi connectivity index (χ1v) is 7.08. The molecule has 1 unspecified atom stereocenters. The van der Waals surface area contributed by atoms with Gasteiger partial charge in [0, 0.05) is 36.3 Å². The van der Waals surface area contributed by atoms with Crippen molar-refractivity contribution in [3.05, 3.63) is 47.5 Å². The summed E-state index contributed by atoms with van der Waals surface area (Å²) in [4.78, 5) is 4.55. The summed E-state index contributed by atoms with van der Waals surface area (Å²) < 4.78 is 7.42. The van der Waals surface area contributed by atoms with E-state index in [2.05, 4.69) is 28.0 Å². The van der Waals surface area contributed by atoms with Crippen LogP contribution in [0.25, 0.3) is 0 Å². The molecule has 0 saturated heterocycles. The molecule has 1 aliphatic carbocycles. The molecule has 2 heterocycles. The number of hydrogen-bond donors (Lipinski definition) is 1. The van der Waals surface area contributed by atoms with Gasteiger partial charge in [-0.3, -0.25) is 4.98 Å². The molecule has 2 aromatic heterocycles. The molecule has 2 N–H and O–H groups in total. The molecule has 20 heavy (non-hydrogen) atoms. The molecule has 4 heteroatoms. The highest BCUT2D eigenvalue weighted by Crippen LogP contribution is 2.39. The van der Waals surface area contributed by atoms with E-state index in [1.807, 2.05) is 19.1 Å². The second kappa shape index (κ2) is 5.29. The lowest BCUT2D eigenvalue weighted by atomic mass is 10.1. The minimum absolute atomic E-state index is 0.191. The van der Waals surface area contributed by atoms with Gasteiger partial charge < -0.3 is 15.0 Å². The average molecular weight is 271 g/mol. The normalized spacial score (nSPS) is 16.1. The molecule has 0 aromatic carbocycles. The van der Waals surface area contributed by atoms with Gasteiger partial charge in [-0.05, 0) is 37.3 Å². The van der Waals surface area contributed by atoms with E-state index in [1.54, 1.807) is 7.11 Å². The summed E-state index contributed by atoms with van der Waals surface area (Å²) in [6, 6.07) is 6.23. The number of methoxy groups -OCH3 is 1. The van der Waals surface area contributed by atoms with Gasteiger partial charge in [-0.2, -0.15) is 0 Å². The SMILES string of the molecule is COc1cc(C)nc(Cn2ccc(C(N)C3CC3)c2)c1. The Balaban J connectivity index is 1.75. The van der Waals surface area contributed by atoms with E-state index in [1.165, 1.54) is 18.4 Å². The molecule has 4 nitrogen and oxygen atoms in total. The second-order valence-electron chi connectivity index (χ2n) is 5.62. The Hall–Kier alpha value is -1.81. The molecule has 106 valence electrons. The Morgan fingerprint density at radius 1 is 1.45 bits per heavy atom. The fourth-order valence-corrected chi connectivity index (χ4v) is 2.57. The molecule has 3 rings (SSSR count). The van der Waals surface area contributed by atoms with E-state index in [0.717, 1.165) is 23.7 Å². The maximum absolute atomic E-state index is 6.23. The molecule has 0 aliphatic heterocycles. The van der Waals surface area contributed by atoms with Crippen LogP contribution in [0.2, 0.25) is 0 Å². The minimum atomic E-state index is 0.191. The number of pyridine rings is 1. The van der Waals surface area contributed by atoms with Crippen LogP contribution in [0.15, 0.2) is 30.6 Å². The van der Waals surface area contributed by atoms with Crippen LogP contribution in [0, 0.1) is 12.8 Å². The minimum Gasteiger partial charge on any atom is -0.497 e. The van der Waals surface area contributed by atoms with E-state index in [4.69, 9.17) is 10.5 Å². The van der Waals surface area contributed by atoms with Crippen molar-refractivity contribution in [2.75, 3.05) is 7.11 Å². The topological polar surface area (TPSA) is 53.1 Å². The maximum atomic E-state index is 6.23. The molecule has 2 aromatic rings. The Morgan fingerprint density at radius 2 is 2.25 bits per heavy atom. The van der Waals surface area contributed by atoms with Gasteiger partial charge in [-0.1, -0.05) is 0 Å². The van der Waals surface area contributed by atoms with Crippen LogP contribution in [0.5, 0.6) is 5.75 Å². The summed E-state index contributed by atoms with van der Waals surface area (Å²) in [6.45, 7) is 2.73. The van der Waals surface area contributed by atoms with Crippen molar-refractivity contribution in [2.24, 2.45) is 11.7 Å². The van der Waals surface area contributed by atoms with Crippen LogP contribution in [0.3, 0.4) is 0 Å². The van der Waals surface area contributed by atoms with Crippen molar-refractivity contribution < 1.29 is 4.74 Å². The Bertz CT molecular complexity index is 602. The smallest absolute Gasteiger partial charge is 0.122 e. The second-order valence-corrected chi connectivity index (χ2v) is 5.62. The largest absolute Gasteiger partial charge is 0.497 e. The Kier molecular flexibility index (Phi) is 3.49. The summed E-state index contributed by atoms with van der Waals surface area (Å²) in [6.07, 6.45) is 6.75. The first kappa shape index (κ1) is 13.2. The molecule has 0 spiro atoms. The van der Waals surface area contributed by atoms with Crippen molar-refractivity contribution in [1.82, 2.24) is 9.55 Å². The van der Waals surface area contributed by atoms with E-state index >= 15 is 0 Å². The molecule has 1 fully saturated rings. The number of ether oxygens (including phenoxy) is 1. The fraction of sp³-hybridized carbons (Fsp3) is 0.438. The number of aryl methyl sites for hydroxylation is 1. The van der Waals surface area contributed by atoms with Crippen molar-refractivity contribution in [1.29, 1.82) is 0 Å². The van der Waals surface area contributed by atoms with Crippen LogP contribution in [0.1, 0.15) is 35.8 Å². The van der Waals surface area contributed by atoms with E-state index in [9.17, 15) is 0 Å². The quantitative estimate of drug-likeness (QED) is 0.909. The van der Waals surface area contributed by atoms with Crippen molar-refractivity contribution in [2.45, 2.75) is 32.4 Å². The van der Waals surface area contributed by atoms with Gasteiger partial charge in [0.2, 0.25) is 0 Å². The zero-order valence-electron chi connectivity index (χ0n) is 12.0. The first-order valence-electron chi connectivity index (χ1n) is 7.08. The third-order valence-electron chi connectivity index (χ3n) is 3.85. The van der Waals surface area contributed by atoms with Gasteiger partial charge in [0.15, 0.2) is 0 Å². The first-order chi connectivity index (χ1) is 9.65. The van der Waals surface area contributed by atoms with Gasteiger partial charge in [0.05, 0.1) is 19.3 Å². The van der Waals surface area contributed by atoms with E-state index in [-0.39, 0.29) is 6.04 Å². The van der Waals surface area contributed by atoms with Gasteiger partial charge in [0.1, 0.15) is 5.75 Å². The molecular formula is C16H21N3O. The summed E-state index contributed by atoms with van der Waals surface area (Å²) in [5.41, 5.74) is 9.43. The highest BCUT2D eigenvalue weighted by molar-refractivity contribution is 5.27. The summed E-state index contributed by atoms with van der Waals surface area (Å²) >= 11 is 0. The number of nitrogens with zero attached hydrogens (tertiary/aromatic N) is 2. The Labute approximate surface area is 119 Å². The maximum Gasteiger partial charge on any atom is 0.122 e. The summed E-state index contributed by atoms with van der Waals surface area (Å²) in [5.74, 6) is 1.54. The molecule has 0 amide bonds. The van der Waals surface area contributed by atoms with Gasteiger partial charge in [-0.25, -0.2) is 0 Å². The van der Waals surface area contributed by atoms with E-state index in [0.29, 0.717) is 5.92 Å². The Morgan fingerprint density at radius 3 is 2.95 bits per heavy atom. The van der Waals surface area contributed by atoms with Gasteiger partial charge in [0.25, 0.3) is 0 Å². The van der Waals surface area contributed by atoms with Crippen LogP contribution in [-0.2, 0) is 6.54 Å². The fourth-order valence-electron chi connectivity index (χ4n) is 2.57. The number of hydrogen-bond acceptors (Lipinski definition) is 3. The van der Waals surface area contributed by atoms with Crippen molar-refractivity contribution >= 4 is 0 Å². The van der Waals surface area contributed by atoms with Crippen molar-refractivity contribution in [3.8, 4) is 5.75 Å². The molecule has 0 radical (unpaired) electrons. The summed E-state index contributed by atoms with van der Waals surface area (Å²) in [5, 5.41) is 0. The number of aromatic nitrogens is 2. The average Bonchev–Trinajstić information content (AvgIpc) is 3.18. The predicted molar refractivity (Wildman–Crippen MR) is 78.7 cm³/mol. The molecule has 0 bridgehead atoms. The molecule has 1 saturated carbocycles. The van der Waals surface area contributed by atoms with Crippen LogP contribution in [0.4, 0.5) is 0 Å². The van der Waals surface area contributed by atoms with Crippen LogP contribution >= 0.6 is 0 Å². The third-order valence-corrected chi connectivity index (χ3v) is 3.85. The molecule has 1 aliphatic rings. The highest BCUT2D eigenvalue weighted by atomic mass is 16.5. The predicted octanol–water partition coefficient (Wildman–Crippen LogP) is 2.66. The highest BCUT2D eigenvalue weighted by Gasteiger charge is 2.29. The number of nitrogens with two attached hydrogens (primary N) is 1. The van der Waals surface area contributed by atoms with Crippen LogP contribution < -0.4 is 10.5 Å². The summed E-state index contributed by atoms with van der Waals surface area (Å²) in [7, 11) is 1.68. The standard InChI is InChI=1S/C16H21N3O/c1-11-7-15(20-2)8-14(18-11)10-19-6-5-13(9-19)16(17)12-3-4-12/h5-9,12,16H,3-4,10,17H2,1-2H3. The monoisotopic (exact) mass is 271 g/mol. The van der Waals surface area contributed by atoms with Crippen LogP contribution in [-0.4, -0.2) is 16.7 Å². The molecule has 1 atom stereocenters. The van der Waals surface area contributed by atoms with E-state index < -0.39 is 0 Å². The van der Waals surface area contributed by atoms with Gasteiger partial charge in [-0.15, -0.1) is 0 Å². The lowest BCUT2D eigenvalue weighted by Gasteiger charge is -2.08. The third kappa shape index (κ3) is 2.85. The lowest BCUT2D eigenvalue weighted by Crippen LogP contribution is -2.11.